The molecule has 0 bridgehead atoms. The van der Waals surface area contributed by atoms with Gasteiger partial charge in [0, 0.05) is 5.56 Å². The van der Waals surface area contributed by atoms with Gasteiger partial charge in [-0.05, 0) is 6.07 Å². The van der Waals surface area contributed by atoms with Crippen LogP contribution in [0, 0.1) is 5.82 Å². The highest BCUT2D eigenvalue weighted by atomic mass is 35.5. The minimum atomic E-state index is -0.290. The summed E-state index contributed by atoms with van der Waals surface area (Å²) in [6.07, 6.45) is 1.33. The smallest absolute Gasteiger partial charge is 0.183 e. The van der Waals surface area contributed by atoms with Crippen molar-refractivity contribution in [3.8, 4) is 0 Å². The van der Waals surface area contributed by atoms with E-state index >= 15 is 0 Å². The average Bonchev–Trinajstić information content (AvgIpc) is 2.77. The third-order valence-corrected chi connectivity index (χ3v) is 2.81. The van der Waals surface area contributed by atoms with E-state index in [-0.39, 0.29) is 17.5 Å². The van der Waals surface area contributed by atoms with Crippen molar-refractivity contribution >= 4 is 22.8 Å². The van der Waals surface area contributed by atoms with E-state index in [0.29, 0.717) is 16.7 Å². The topological polar surface area (TPSA) is 56.5 Å². The Kier molecular flexibility index (Phi) is 2.64. The first-order valence-corrected chi connectivity index (χ1v) is 5.56. The van der Waals surface area contributed by atoms with Gasteiger partial charge in [-0.15, -0.1) is 5.10 Å². The molecule has 0 saturated heterocycles. The Balaban J connectivity index is 2.06. The molecule has 0 spiro atoms. The lowest BCUT2D eigenvalue weighted by molar-refractivity contribution is 0.582. The van der Waals surface area contributed by atoms with E-state index in [1.807, 2.05) is 0 Å². The Hall–Kier alpha value is -2.08. The normalized spacial score (nSPS) is 11.0. The van der Waals surface area contributed by atoms with Crippen LogP contribution in [0.25, 0.3) is 11.2 Å². The van der Waals surface area contributed by atoms with Gasteiger partial charge < -0.3 is 0 Å². The van der Waals surface area contributed by atoms with Gasteiger partial charge in [0.2, 0.25) is 0 Å². The fourth-order valence-corrected chi connectivity index (χ4v) is 1.83. The van der Waals surface area contributed by atoms with Crippen molar-refractivity contribution in [2.24, 2.45) is 0 Å². The van der Waals surface area contributed by atoms with Crippen molar-refractivity contribution < 1.29 is 4.39 Å². The summed E-state index contributed by atoms with van der Waals surface area (Å²) in [6.45, 7) is 0.247. The Morgan fingerprint density at radius 1 is 1.22 bits per heavy atom. The van der Waals surface area contributed by atoms with Crippen LogP contribution >= 0.6 is 11.6 Å². The maximum absolute atomic E-state index is 13.5. The molecule has 0 N–H and O–H groups in total. The summed E-state index contributed by atoms with van der Waals surface area (Å²) in [5, 5.41) is 8.02. The molecule has 0 fully saturated rings. The van der Waals surface area contributed by atoms with Crippen LogP contribution in [0.5, 0.6) is 0 Å². The molecule has 0 aliphatic heterocycles. The summed E-state index contributed by atoms with van der Waals surface area (Å²) < 4.78 is 15.0. The molecule has 2 heterocycles. The molecule has 1 aromatic carbocycles. The summed E-state index contributed by atoms with van der Waals surface area (Å²) in [7, 11) is 0. The number of rotatable bonds is 2. The van der Waals surface area contributed by atoms with E-state index in [0.717, 1.165) is 0 Å². The number of aromatic nitrogens is 5. The van der Waals surface area contributed by atoms with Crippen LogP contribution in [0.4, 0.5) is 4.39 Å². The second-order valence-electron chi connectivity index (χ2n) is 3.68. The number of halogens is 2. The van der Waals surface area contributed by atoms with Gasteiger partial charge in [0.25, 0.3) is 0 Å². The molecule has 90 valence electrons. The molecule has 3 aromatic rings. The number of hydrogen-bond acceptors (Lipinski definition) is 4. The fourth-order valence-electron chi connectivity index (χ4n) is 1.66. The molecule has 0 saturated carbocycles. The molecule has 0 atom stereocenters. The zero-order valence-electron chi connectivity index (χ0n) is 9.09. The lowest BCUT2D eigenvalue weighted by atomic mass is 10.2. The zero-order valence-corrected chi connectivity index (χ0v) is 9.84. The number of benzene rings is 1. The monoisotopic (exact) mass is 263 g/mol. The van der Waals surface area contributed by atoms with Crippen molar-refractivity contribution in [1.29, 1.82) is 0 Å². The Bertz CT molecular complexity index is 711. The minimum absolute atomic E-state index is 0.236. The predicted octanol–water partition coefficient (Wildman–Crippen LogP) is 2.06. The standard InChI is InChI=1S/C11H7ClFN5/c12-10-9-11(15-6-14-10)18(17-16-9)5-7-3-1-2-4-8(7)13/h1-4,6H,5H2. The van der Waals surface area contributed by atoms with Gasteiger partial charge in [-0.1, -0.05) is 35.0 Å². The molecule has 0 unspecified atom stereocenters. The highest BCUT2D eigenvalue weighted by molar-refractivity contribution is 6.33. The van der Waals surface area contributed by atoms with Crippen molar-refractivity contribution in [1.82, 2.24) is 25.0 Å². The third kappa shape index (κ3) is 1.80. The summed E-state index contributed by atoms with van der Waals surface area (Å²) >= 11 is 5.86. The molecular formula is C11H7ClFN5. The van der Waals surface area contributed by atoms with Crippen LogP contribution in [-0.4, -0.2) is 25.0 Å². The maximum atomic E-state index is 13.5. The van der Waals surface area contributed by atoms with Crippen molar-refractivity contribution in [3.05, 3.63) is 47.1 Å². The van der Waals surface area contributed by atoms with Crippen LogP contribution in [0.3, 0.4) is 0 Å². The van der Waals surface area contributed by atoms with E-state index in [1.165, 1.54) is 17.1 Å². The molecule has 3 rings (SSSR count). The molecule has 2 aromatic heterocycles. The van der Waals surface area contributed by atoms with E-state index in [9.17, 15) is 4.39 Å². The van der Waals surface area contributed by atoms with Crippen molar-refractivity contribution in [2.75, 3.05) is 0 Å². The van der Waals surface area contributed by atoms with Crippen LogP contribution in [-0.2, 0) is 6.54 Å². The third-order valence-electron chi connectivity index (χ3n) is 2.53. The van der Waals surface area contributed by atoms with Crippen LogP contribution < -0.4 is 0 Å². The van der Waals surface area contributed by atoms with Gasteiger partial charge >= 0.3 is 0 Å². The van der Waals surface area contributed by atoms with Crippen LogP contribution in [0.1, 0.15) is 5.56 Å². The van der Waals surface area contributed by atoms with Gasteiger partial charge in [0.15, 0.2) is 16.3 Å². The molecule has 18 heavy (non-hydrogen) atoms. The largest absolute Gasteiger partial charge is 0.222 e. The molecule has 0 aliphatic carbocycles. The lowest BCUT2D eigenvalue weighted by Gasteiger charge is -2.02. The summed E-state index contributed by atoms with van der Waals surface area (Å²) in [6, 6.07) is 6.48. The van der Waals surface area contributed by atoms with E-state index in [4.69, 9.17) is 11.6 Å². The van der Waals surface area contributed by atoms with Gasteiger partial charge in [-0.25, -0.2) is 19.0 Å². The highest BCUT2D eigenvalue weighted by Gasteiger charge is 2.11. The number of hydrogen-bond donors (Lipinski definition) is 0. The van der Waals surface area contributed by atoms with Crippen LogP contribution in [0.15, 0.2) is 30.6 Å². The fraction of sp³-hybridized carbons (Fsp3) is 0.0909. The molecule has 0 radical (unpaired) electrons. The average molecular weight is 264 g/mol. The summed E-state index contributed by atoms with van der Waals surface area (Å²) in [5.74, 6) is -0.290. The van der Waals surface area contributed by atoms with E-state index in [2.05, 4.69) is 20.3 Å². The second kappa shape index (κ2) is 4.30. The molecule has 0 amide bonds. The lowest BCUT2D eigenvalue weighted by Crippen LogP contribution is -2.04. The Morgan fingerprint density at radius 3 is 2.89 bits per heavy atom. The zero-order chi connectivity index (χ0) is 12.5. The van der Waals surface area contributed by atoms with Crippen molar-refractivity contribution in [3.63, 3.8) is 0 Å². The van der Waals surface area contributed by atoms with Gasteiger partial charge in [-0.3, -0.25) is 0 Å². The van der Waals surface area contributed by atoms with E-state index < -0.39 is 0 Å². The summed E-state index contributed by atoms with van der Waals surface area (Å²) in [4.78, 5) is 7.86. The number of fused-ring (bicyclic) bond motifs is 1. The highest BCUT2D eigenvalue weighted by Crippen LogP contribution is 2.17. The molecule has 0 aliphatic rings. The molecule has 7 heteroatoms. The summed E-state index contributed by atoms with van der Waals surface area (Å²) in [5.41, 5.74) is 1.41. The molecular weight excluding hydrogens is 257 g/mol. The SMILES string of the molecule is Fc1ccccc1Cn1nnc2c(Cl)ncnc21. The Labute approximate surface area is 106 Å². The predicted molar refractivity (Wildman–Crippen MR) is 63.6 cm³/mol. The first-order chi connectivity index (χ1) is 8.75. The van der Waals surface area contributed by atoms with Gasteiger partial charge in [-0.2, -0.15) is 0 Å². The quantitative estimate of drug-likeness (QED) is 0.664. The Morgan fingerprint density at radius 2 is 2.06 bits per heavy atom. The number of nitrogens with zero attached hydrogens (tertiary/aromatic N) is 5. The van der Waals surface area contributed by atoms with Crippen molar-refractivity contribution in [2.45, 2.75) is 6.54 Å². The van der Waals surface area contributed by atoms with Gasteiger partial charge in [0.1, 0.15) is 12.1 Å². The minimum Gasteiger partial charge on any atom is -0.222 e. The van der Waals surface area contributed by atoms with Crippen LogP contribution in [0.2, 0.25) is 5.15 Å². The first kappa shape index (κ1) is 11.0. The second-order valence-corrected chi connectivity index (χ2v) is 4.03. The maximum Gasteiger partial charge on any atom is 0.183 e. The van der Waals surface area contributed by atoms with Gasteiger partial charge in [0.05, 0.1) is 6.54 Å². The first-order valence-electron chi connectivity index (χ1n) is 5.19. The van der Waals surface area contributed by atoms with E-state index in [1.54, 1.807) is 18.2 Å². The molecule has 5 nitrogen and oxygen atoms in total.